The van der Waals surface area contributed by atoms with E-state index >= 15 is 0 Å². The van der Waals surface area contributed by atoms with E-state index < -0.39 is 8.07 Å². The van der Waals surface area contributed by atoms with Crippen LogP contribution in [0.1, 0.15) is 18.9 Å². The molecule has 0 amide bonds. The summed E-state index contributed by atoms with van der Waals surface area (Å²) in [6.45, 7) is 4.83. The van der Waals surface area contributed by atoms with Crippen molar-refractivity contribution in [2.45, 2.75) is 32.0 Å². The zero-order chi connectivity index (χ0) is 8.60. The van der Waals surface area contributed by atoms with Crippen molar-refractivity contribution < 1.29 is 0 Å². The number of benzene rings is 1. The molecular weight excluding hydrogens is 160 g/mol. The quantitative estimate of drug-likeness (QED) is 0.607. The Morgan fingerprint density at radius 1 is 1.33 bits per heavy atom. The molecule has 1 unspecified atom stereocenters. The van der Waals surface area contributed by atoms with E-state index in [1.165, 1.54) is 18.5 Å². The number of hydrogen-bond acceptors (Lipinski definition) is 0. The van der Waals surface area contributed by atoms with Crippen LogP contribution in [0.25, 0.3) is 0 Å². The van der Waals surface area contributed by atoms with Crippen molar-refractivity contribution in [1.82, 2.24) is 0 Å². The predicted octanol–water partition coefficient (Wildman–Crippen LogP) is 2.48. The molecule has 2 rings (SSSR count). The second-order valence-electron chi connectivity index (χ2n) is 4.14. The summed E-state index contributed by atoms with van der Waals surface area (Å²) in [5.41, 5.74) is 1.63. The zero-order valence-electron chi connectivity index (χ0n) is 7.93. The van der Waals surface area contributed by atoms with E-state index in [-0.39, 0.29) is 0 Å². The lowest BCUT2D eigenvalue weighted by molar-refractivity contribution is 1.02. The van der Waals surface area contributed by atoms with Gasteiger partial charge in [-0.2, -0.15) is 0 Å². The van der Waals surface area contributed by atoms with Crippen LogP contribution in [0, 0.1) is 0 Å². The fourth-order valence-electron chi connectivity index (χ4n) is 2.45. The SMILES string of the molecule is CCC[Si]1(C)Cc2ccccc21. The third-order valence-corrected chi connectivity index (χ3v) is 7.60. The van der Waals surface area contributed by atoms with E-state index in [4.69, 9.17) is 0 Å². The topological polar surface area (TPSA) is 0 Å². The molecule has 0 saturated carbocycles. The van der Waals surface area contributed by atoms with Crippen LogP contribution in [-0.4, -0.2) is 8.07 Å². The first-order chi connectivity index (χ1) is 5.76. The minimum absolute atomic E-state index is 0.917. The molecule has 1 aliphatic rings. The van der Waals surface area contributed by atoms with Crippen molar-refractivity contribution in [3.05, 3.63) is 29.8 Å². The lowest BCUT2D eigenvalue weighted by Gasteiger charge is -2.39. The van der Waals surface area contributed by atoms with Crippen molar-refractivity contribution in [2.75, 3.05) is 0 Å². The Labute approximate surface area is 75.6 Å². The molecule has 0 N–H and O–H groups in total. The lowest BCUT2D eigenvalue weighted by atomic mass is 10.2. The molecule has 12 heavy (non-hydrogen) atoms. The highest BCUT2D eigenvalue weighted by atomic mass is 28.3. The van der Waals surface area contributed by atoms with Crippen molar-refractivity contribution in [2.24, 2.45) is 0 Å². The number of fused-ring (bicyclic) bond motifs is 1. The smallest absolute Gasteiger partial charge is 0.0656 e. The lowest BCUT2D eigenvalue weighted by Crippen LogP contribution is -2.57. The molecule has 0 nitrogen and oxygen atoms in total. The summed E-state index contributed by atoms with van der Waals surface area (Å²) in [6.07, 6.45) is 1.36. The first-order valence-electron chi connectivity index (χ1n) is 4.85. The Hall–Kier alpha value is -0.563. The second kappa shape index (κ2) is 2.73. The van der Waals surface area contributed by atoms with Gasteiger partial charge in [0, 0.05) is 0 Å². The van der Waals surface area contributed by atoms with Crippen molar-refractivity contribution >= 4 is 13.3 Å². The van der Waals surface area contributed by atoms with Crippen LogP contribution in [0.2, 0.25) is 12.6 Å². The molecule has 1 aromatic carbocycles. The highest BCUT2D eigenvalue weighted by Gasteiger charge is 2.38. The summed E-state index contributed by atoms with van der Waals surface area (Å²) < 4.78 is 0. The van der Waals surface area contributed by atoms with E-state index in [0.717, 1.165) is 0 Å². The van der Waals surface area contributed by atoms with E-state index in [1.807, 2.05) is 0 Å². The van der Waals surface area contributed by atoms with E-state index in [2.05, 4.69) is 37.7 Å². The first-order valence-corrected chi connectivity index (χ1v) is 7.76. The van der Waals surface area contributed by atoms with Gasteiger partial charge < -0.3 is 0 Å². The minimum Gasteiger partial charge on any atom is -0.0656 e. The molecule has 0 bridgehead atoms. The molecule has 1 heterocycles. The fraction of sp³-hybridized carbons (Fsp3) is 0.455. The molecule has 0 radical (unpaired) electrons. The third kappa shape index (κ3) is 1.04. The predicted molar refractivity (Wildman–Crippen MR) is 56.5 cm³/mol. The highest BCUT2D eigenvalue weighted by Crippen LogP contribution is 2.27. The maximum atomic E-state index is 2.53. The maximum Gasteiger partial charge on any atom is 0.0882 e. The van der Waals surface area contributed by atoms with Gasteiger partial charge in [0.2, 0.25) is 0 Å². The molecule has 0 fully saturated rings. The van der Waals surface area contributed by atoms with Crippen LogP contribution in [0.15, 0.2) is 24.3 Å². The fourth-order valence-corrected chi connectivity index (χ4v) is 6.48. The van der Waals surface area contributed by atoms with Crippen LogP contribution in [0.5, 0.6) is 0 Å². The summed E-state index contributed by atoms with van der Waals surface area (Å²) >= 11 is 0. The zero-order valence-corrected chi connectivity index (χ0v) is 8.93. The van der Waals surface area contributed by atoms with E-state index in [0.29, 0.717) is 0 Å². The van der Waals surface area contributed by atoms with Gasteiger partial charge in [-0.3, -0.25) is 0 Å². The molecule has 1 aliphatic heterocycles. The average molecular weight is 176 g/mol. The first kappa shape index (κ1) is 8.05. The van der Waals surface area contributed by atoms with Crippen molar-refractivity contribution in [1.29, 1.82) is 0 Å². The van der Waals surface area contributed by atoms with Gasteiger partial charge in [-0.15, -0.1) is 0 Å². The van der Waals surface area contributed by atoms with Crippen LogP contribution in [-0.2, 0) is 6.04 Å². The molecule has 0 aliphatic carbocycles. The van der Waals surface area contributed by atoms with E-state index in [1.54, 1.807) is 10.8 Å². The molecule has 1 atom stereocenters. The van der Waals surface area contributed by atoms with Gasteiger partial charge in [0.25, 0.3) is 0 Å². The molecule has 1 heteroatoms. The Balaban J connectivity index is 2.29. The summed E-state index contributed by atoms with van der Waals surface area (Å²) in [5.74, 6) is 0. The van der Waals surface area contributed by atoms with Gasteiger partial charge in [0.1, 0.15) is 0 Å². The number of hydrogen-bond donors (Lipinski definition) is 0. The van der Waals surface area contributed by atoms with Crippen LogP contribution >= 0.6 is 0 Å². The van der Waals surface area contributed by atoms with Gasteiger partial charge in [-0.05, 0) is 6.04 Å². The Kier molecular flexibility index (Phi) is 1.84. The maximum absolute atomic E-state index is 2.53. The van der Waals surface area contributed by atoms with Gasteiger partial charge >= 0.3 is 0 Å². The van der Waals surface area contributed by atoms with Gasteiger partial charge in [0.15, 0.2) is 0 Å². The number of rotatable bonds is 2. The van der Waals surface area contributed by atoms with Gasteiger partial charge in [-0.1, -0.05) is 61.0 Å². The molecule has 0 aromatic heterocycles. The van der Waals surface area contributed by atoms with Crippen LogP contribution in [0.4, 0.5) is 0 Å². The van der Waals surface area contributed by atoms with Crippen molar-refractivity contribution in [3.8, 4) is 0 Å². The molecule has 0 saturated heterocycles. The average Bonchev–Trinajstić information content (AvgIpc) is 2.04. The summed E-state index contributed by atoms with van der Waals surface area (Å²) in [5, 5.41) is 1.73. The summed E-state index contributed by atoms with van der Waals surface area (Å²) in [4.78, 5) is 0. The molecule has 1 aromatic rings. The van der Waals surface area contributed by atoms with Crippen LogP contribution in [0.3, 0.4) is 0 Å². The van der Waals surface area contributed by atoms with E-state index in [9.17, 15) is 0 Å². The van der Waals surface area contributed by atoms with Crippen molar-refractivity contribution in [3.63, 3.8) is 0 Å². The second-order valence-corrected chi connectivity index (χ2v) is 8.66. The largest absolute Gasteiger partial charge is 0.0882 e. The van der Waals surface area contributed by atoms with Gasteiger partial charge in [0.05, 0.1) is 8.07 Å². The normalized spacial score (nSPS) is 26.2. The Morgan fingerprint density at radius 3 is 2.75 bits per heavy atom. The summed E-state index contributed by atoms with van der Waals surface area (Å²) in [6, 6.07) is 11.9. The third-order valence-electron chi connectivity index (χ3n) is 3.05. The summed E-state index contributed by atoms with van der Waals surface area (Å²) in [7, 11) is -0.917. The minimum atomic E-state index is -0.917. The standard InChI is InChI=1S/C11H16Si/c1-3-8-12(2)9-10-6-4-5-7-11(10)12/h4-7H,3,8-9H2,1-2H3. The molecule has 64 valence electrons. The van der Waals surface area contributed by atoms with Crippen LogP contribution < -0.4 is 5.19 Å². The monoisotopic (exact) mass is 176 g/mol. The van der Waals surface area contributed by atoms with Gasteiger partial charge in [-0.25, -0.2) is 0 Å². The molecule has 0 spiro atoms. The highest BCUT2D eigenvalue weighted by molar-refractivity contribution is 6.94. The Morgan fingerprint density at radius 2 is 2.08 bits per heavy atom. The molecular formula is C11H16Si. The Bertz CT molecular complexity index is 293.